The zero-order chi connectivity index (χ0) is 23.7. The van der Waals surface area contributed by atoms with E-state index in [0.29, 0.717) is 14.8 Å². The van der Waals surface area contributed by atoms with Crippen molar-refractivity contribution in [3.8, 4) is 6.07 Å². The number of thiazole rings is 1. The molecule has 6 nitrogen and oxygen atoms in total. The first kappa shape index (κ1) is 23.0. The van der Waals surface area contributed by atoms with Crippen LogP contribution in [0.15, 0.2) is 68.7 Å². The van der Waals surface area contributed by atoms with E-state index in [1.165, 1.54) is 4.57 Å². The number of carbonyl (C=O) groups is 1. The first-order chi connectivity index (χ1) is 15.9. The molecule has 0 fully saturated rings. The summed E-state index contributed by atoms with van der Waals surface area (Å²) in [5.41, 5.74) is 13.6. The van der Waals surface area contributed by atoms with Crippen molar-refractivity contribution in [2.45, 2.75) is 15.7 Å². The number of nitrogens with zero attached hydrogens (tertiary/aromatic N) is 2. The highest BCUT2D eigenvalue weighted by molar-refractivity contribution is 7.98. The summed E-state index contributed by atoms with van der Waals surface area (Å²) in [5, 5.41) is 9.92. The van der Waals surface area contributed by atoms with Gasteiger partial charge in [-0.2, -0.15) is 5.26 Å². The van der Waals surface area contributed by atoms with Gasteiger partial charge in [0.2, 0.25) is 5.91 Å². The van der Waals surface area contributed by atoms with Gasteiger partial charge in [0.15, 0.2) is 0 Å². The maximum absolute atomic E-state index is 13.3. The largest absolute Gasteiger partial charge is 0.384 e. The SMILES string of the molecule is CSc1ccc(/C=c2/sc3n(c2=O)C(N)=C(C#N)[C@H](c2ccc(SC)cc2)C=3C(N)=O)cc1. The van der Waals surface area contributed by atoms with E-state index in [0.717, 1.165) is 26.7 Å². The lowest BCUT2D eigenvalue weighted by Gasteiger charge is -2.24. The number of aromatic nitrogens is 1. The fourth-order valence-electron chi connectivity index (χ4n) is 3.77. The molecule has 33 heavy (non-hydrogen) atoms. The number of amides is 1. The zero-order valence-electron chi connectivity index (χ0n) is 17.9. The topological polar surface area (TPSA) is 115 Å². The smallest absolute Gasteiger partial charge is 0.274 e. The number of nitrogens with two attached hydrogens (primary N) is 2. The zero-order valence-corrected chi connectivity index (χ0v) is 20.3. The van der Waals surface area contributed by atoms with Gasteiger partial charge in [0.1, 0.15) is 10.5 Å². The van der Waals surface area contributed by atoms with E-state index in [4.69, 9.17) is 11.5 Å². The Balaban J connectivity index is 2.01. The van der Waals surface area contributed by atoms with Crippen LogP contribution in [-0.4, -0.2) is 23.0 Å². The molecule has 0 unspecified atom stereocenters. The molecule has 1 aromatic heterocycles. The summed E-state index contributed by atoms with van der Waals surface area (Å²) in [5.74, 6) is -1.41. The van der Waals surface area contributed by atoms with E-state index in [1.807, 2.05) is 61.0 Å². The molecule has 3 aromatic rings. The predicted molar refractivity (Wildman–Crippen MR) is 136 cm³/mol. The van der Waals surface area contributed by atoms with Crippen molar-refractivity contribution in [3.05, 3.63) is 84.8 Å². The summed E-state index contributed by atoms with van der Waals surface area (Å²) in [6.07, 6.45) is 5.71. The molecule has 0 bridgehead atoms. The van der Waals surface area contributed by atoms with E-state index >= 15 is 0 Å². The molecular weight excluding hydrogens is 472 g/mol. The number of carbonyl (C=O) groups excluding carboxylic acids is 1. The van der Waals surface area contributed by atoms with Crippen molar-refractivity contribution in [1.29, 1.82) is 5.26 Å². The van der Waals surface area contributed by atoms with Crippen molar-refractivity contribution in [3.63, 3.8) is 0 Å². The van der Waals surface area contributed by atoms with Gasteiger partial charge in [-0.05, 0) is 54.0 Å². The second-order valence-corrected chi connectivity index (χ2v) is 10.0. The number of rotatable bonds is 5. The number of nitriles is 1. The number of thioether (sulfide) groups is 2. The van der Waals surface area contributed by atoms with E-state index in [1.54, 1.807) is 29.6 Å². The molecule has 0 aliphatic carbocycles. The summed E-state index contributed by atoms with van der Waals surface area (Å²) in [7, 11) is 0. The van der Waals surface area contributed by atoms with Crippen LogP contribution in [0.3, 0.4) is 0 Å². The minimum atomic E-state index is -0.741. The van der Waals surface area contributed by atoms with Crippen LogP contribution in [0.2, 0.25) is 0 Å². The van der Waals surface area contributed by atoms with Crippen molar-refractivity contribution in [2.24, 2.45) is 11.5 Å². The molecule has 0 spiro atoms. The van der Waals surface area contributed by atoms with E-state index in [9.17, 15) is 14.9 Å². The van der Waals surface area contributed by atoms with Crippen molar-refractivity contribution in [1.82, 2.24) is 4.57 Å². The molecule has 1 atom stereocenters. The fourth-order valence-corrected chi connectivity index (χ4v) is 5.77. The number of hydrogen-bond acceptors (Lipinski definition) is 7. The minimum absolute atomic E-state index is 0.0232. The maximum atomic E-state index is 13.3. The third-order valence-corrected chi connectivity index (χ3v) is 7.99. The third-order valence-electron chi connectivity index (χ3n) is 5.40. The molecule has 0 saturated heterocycles. The second-order valence-electron chi connectivity index (χ2n) is 7.22. The van der Waals surface area contributed by atoms with Crippen LogP contribution in [0.1, 0.15) is 17.0 Å². The van der Waals surface area contributed by atoms with Crippen LogP contribution in [0.5, 0.6) is 0 Å². The van der Waals surface area contributed by atoms with Gasteiger partial charge in [-0.25, -0.2) is 0 Å². The average Bonchev–Trinajstić information content (AvgIpc) is 3.15. The van der Waals surface area contributed by atoms with Gasteiger partial charge in [-0.1, -0.05) is 24.3 Å². The summed E-state index contributed by atoms with van der Waals surface area (Å²) in [6, 6.07) is 17.4. The Hall–Kier alpha value is -3.19. The highest BCUT2D eigenvalue weighted by Crippen LogP contribution is 2.36. The second kappa shape index (κ2) is 9.35. The van der Waals surface area contributed by atoms with Crippen LogP contribution >= 0.6 is 34.9 Å². The average molecular weight is 493 g/mol. The first-order valence-corrected chi connectivity index (χ1v) is 13.1. The molecule has 166 valence electrons. The lowest BCUT2D eigenvalue weighted by atomic mass is 9.83. The Morgan fingerprint density at radius 2 is 1.67 bits per heavy atom. The lowest BCUT2D eigenvalue weighted by molar-refractivity contribution is -0.113. The fraction of sp³-hybridized carbons (Fsp3) is 0.125. The van der Waals surface area contributed by atoms with E-state index in [-0.39, 0.29) is 22.5 Å². The molecule has 1 aliphatic rings. The Kier molecular flexibility index (Phi) is 6.51. The molecule has 1 aliphatic heterocycles. The summed E-state index contributed by atoms with van der Waals surface area (Å²) < 4.78 is 1.99. The molecule has 9 heteroatoms. The quantitative estimate of drug-likeness (QED) is 0.528. The minimum Gasteiger partial charge on any atom is -0.384 e. The van der Waals surface area contributed by atoms with Gasteiger partial charge in [0.05, 0.1) is 27.7 Å². The highest BCUT2D eigenvalue weighted by Gasteiger charge is 2.34. The summed E-state index contributed by atoms with van der Waals surface area (Å²) >= 11 is 4.37. The first-order valence-electron chi connectivity index (χ1n) is 9.85. The molecule has 4 rings (SSSR count). The van der Waals surface area contributed by atoms with E-state index in [2.05, 4.69) is 6.07 Å². The molecule has 0 radical (unpaired) electrons. The van der Waals surface area contributed by atoms with Gasteiger partial charge in [-0.15, -0.1) is 34.9 Å². The van der Waals surface area contributed by atoms with E-state index < -0.39 is 11.8 Å². The Labute approximate surface area is 202 Å². The molecule has 2 aromatic carbocycles. The van der Waals surface area contributed by atoms with Gasteiger partial charge in [-0.3, -0.25) is 14.2 Å². The van der Waals surface area contributed by atoms with Crippen molar-refractivity contribution >= 4 is 58.2 Å². The van der Waals surface area contributed by atoms with Crippen LogP contribution in [-0.2, 0) is 4.79 Å². The number of allylic oxidation sites excluding steroid dienone is 1. The van der Waals surface area contributed by atoms with Crippen molar-refractivity contribution < 1.29 is 4.79 Å². The number of fused-ring (bicyclic) bond motifs is 1. The maximum Gasteiger partial charge on any atom is 0.274 e. The monoisotopic (exact) mass is 492 g/mol. The highest BCUT2D eigenvalue weighted by atomic mass is 32.2. The molecule has 2 heterocycles. The lowest BCUT2D eigenvalue weighted by Crippen LogP contribution is -2.41. The molecule has 0 saturated carbocycles. The van der Waals surface area contributed by atoms with Crippen LogP contribution < -0.4 is 26.2 Å². The van der Waals surface area contributed by atoms with Crippen LogP contribution in [0.4, 0.5) is 0 Å². The van der Waals surface area contributed by atoms with Crippen molar-refractivity contribution in [2.75, 3.05) is 12.5 Å². The van der Waals surface area contributed by atoms with Gasteiger partial charge < -0.3 is 11.5 Å². The van der Waals surface area contributed by atoms with Gasteiger partial charge >= 0.3 is 0 Å². The Morgan fingerprint density at radius 1 is 1.09 bits per heavy atom. The Bertz CT molecular complexity index is 1490. The molecular formula is C24H20N4O2S3. The van der Waals surface area contributed by atoms with Gasteiger partial charge in [0, 0.05) is 9.79 Å². The third kappa shape index (κ3) is 4.13. The predicted octanol–water partition coefficient (Wildman–Crippen LogP) is 2.27. The van der Waals surface area contributed by atoms with Gasteiger partial charge in [0.25, 0.3) is 5.56 Å². The number of hydrogen-bond donors (Lipinski definition) is 2. The molecule has 4 N–H and O–H groups in total. The normalized spacial score (nSPS) is 16.0. The standard InChI is InChI=1S/C24H20N4O2S3/c1-31-15-7-3-13(4-8-15)11-18-23(30)28-21(26)17(12-25)19(20(22(27)29)24(28)33-18)14-5-9-16(32-2)10-6-14/h3-11,19H,26H2,1-2H3,(H2,27,29)/b18-11+/t19-/m0/s1. The van der Waals surface area contributed by atoms with Crippen LogP contribution in [0, 0.1) is 11.3 Å². The summed E-state index contributed by atoms with van der Waals surface area (Å²) in [4.78, 5) is 28.0. The Morgan fingerprint density at radius 3 is 2.18 bits per heavy atom. The van der Waals surface area contributed by atoms with Crippen LogP contribution in [0.25, 0.3) is 17.5 Å². The number of benzene rings is 2. The summed E-state index contributed by atoms with van der Waals surface area (Å²) in [6.45, 7) is 0. The number of primary amides is 1. The molecule has 1 amide bonds.